The third kappa shape index (κ3) is 4.40. The number of carbonyl (C=O) groups excluding carboxylic acids is 2. The van der Waals surface area contributed by atoms with Gasteiger partial charge in [-0.05, 0) is 24.4 Å². The van der Waals surface area contributed by atoms with Crippen molar-refractivity contribution in [1.82, 2.24) is 4.98 Å². The van der Waals surface area contributed by atoms with Gasteiger partial charge in [0.15, 0.2) is 5.78 Å². The summed E-state index contributed by atoms with van der Waals surface area (Å²) in [7, 11) is 1.24. The van der Waals surface area contributed by atoms with Crippen molar-refractivity contribution in [2.24, 2.45) is 5.73 Å². The van der Waals surface area contributed by atoms with E-state index in [0.717, 1.165) is 6.07 Å². The van der Waals surface area contributed by atoms with E-state index in [1.807, 2.05) is 0 Å². The van der Waals surface area contributed by atoms with Gasteiger partial charge < -0.3 is 19.9 Å². The number of rotatable bonds is 8. The second-order valence-corrected chi connectivity index (χ2v) is 6.42. The summed E-state index contributed by atoms with van der Waals surface area (Å²) in [6.07, 6.45) is 0.261. The first-order valence-electron chi connectivity index (χ1n) is 9.41. The number of ether oxygens (including phenoxy) is 3. The number of ketones is 1. The van der Waals surface area contributed by atoms with Crippen LogP contribution in [0.4, 0.5) is 13.6 Å². The van der Waals surface area contributed by atoms with Crippen LogP contribution < -0.4 is 15.2 Å². The highest BCUT2D eigenvalue weighted by atomic mass is 19.1. The predicted octanol–water partition coefficient (Wildman–Crippen LogP) is 3.79. The average molecular weight is 430 g/mol. The van der Waals surface area contributed by atoms with E-state index in [9.17, 15) is 14.0 Å². The van der Waals surface area contributed by atoms with Crippen molar-refractivity contribution in [3.8, 4) is 11.6 Å². The Hall–Kier alpha value is -3.75. The van der Waals surface area contributed by atoms with Crippen molar-refractivity contribution in [3.63, 3.8) is 0 Å². The van der Waals surface area contributed by atoms with Gasteiger partial charge in [0.25, 0.3) is 0 Å². The van der Waals surface area contributed by atoms with Crippen molar-refractivity contribution in [3.05, 3.63) is 64.9 Å². The molecular formula is C22H20F2N2O5. The number of benzene rings is 2. The van der Waals surface area contributed by atoms with E-state index >= 15 is 4.39 Å². The first kappa shape index (κ1) is 21.9. The molecule has 0 saturated heterocycles. The van der Waals surface area contributed by atoms with Crippen molar-refractivity contribution in [2.75, 3.05) is 20.3 Å². The van der Waals surface area contributed by atoms with Gasteiger partial charge >= 0.3 is 6.09 Å². The Kier molecular flexibility index (Phi) is 6.64. The molecule has 31 heavy (non-hydrogen) atoms. The molecule has 0 aliphatic carbocycles. The molecule has 0 aliphatic rings. The van der Waals surface area contributed by atoms with Crippen LogP contribution in [-0.4, -0.2) is 37.2 Å². The zero-order valence-corrected chi connectivity index (χ0v) is 16.9. The molecule has 7 nitrogen and oxygen atoms in total. The number of primary amides is 1. The Bertz CT molecular complexity index is 1150. The lowest BCUT2D eigenvalue weighted by atomic mass is 9.95. The van der Waals surface area contributed by atoms with Crippen LogP contribution >= 0.6 is 0 Å². The zero-order valence-electron chi connectivity index (χ0n) is 16.9. The standard InChI is InChI=1S/C22H20F2N2O5/c1-3-30-21-14-6-4-5-13(12(14)7-9-26-21)20(27)18-16(23)11-17(29-2)15(19(18)24)8-10-31-22(25)28/h4-7,9,11H,3,8,10H2,1-2H3,(H2,25,28). The van der Waals surface area contributed by atoms with Crippen molar-refractivity contribution < 1.29 is 32.6 Å². The van der Waals surface area contributed by atoms with E-state index in [4.69, 9.17) is 15.2 Å². The number of aromatic nitrogens is 1. The molecule has 2 aromatic carbocycles. The summed E-state index contributed by atoms with van der Waals surface area (Å²) in [5.74, 6) is -2.81. The Morgan fingerprint density at radius 1 is 1.16 bits per heavy atom. The summed E-state index contributed by atoms with van der Waals surface area (Å²) >= 11 is 0. The van der Waals surface area contributed by atoms with Gasteiger partial charge in [-0.15, -0.1) is 0 Å². The van der Waals surface area contributed by atoms with Gasteiger partial charge in [-0.25, -0.2) is 18.6 Å². The Morgan fingerprint density at radius 3 is 2.61 bits per heavy atom. The summed E-state index contributed by atoms with van der Waals surface area (Å²) < 4.78 is 45.2. The lowest BCUT2D eigenvalue weighted by molar-refractivity contribution is 0.103. The second-order valence-electron chi connectivity index (χ2n) is 6.42. The number of nitrogens with zero attached hydrogens (tertiary/aromatic N) is 1. The second kappa shape index (κ2) is 9.38. The fourth-order valence-corrected chi connectivity index (χ4v) is 3.28. The minimum Gasteiger partial charge on any atom is -0.496 e. The van der Waals surface area contributed by atoms with Crippen LogP contribution in [-0.2, 0) is 11.2 Å². The number of nitrogens with two attached hydrogens (primary N) is 1. The number of carbonyl (C=O) groups is 2. The van der Waals surface area contributed by atoms with Gasteiger partial charge in [-0.2, -0.15) is 0 Å². The molecule has 0 spiro atoms. The molecule has 0 fully saturated rings. The molecule has 0 saturated carbocycles. The first-order valence-corrected chi connectivity index (χ1v) is 9.41. The molecule has 3 rings (SSSR count). The Labute approximate surface area is 176 Å². The zero-order chi connectivity index (χ0) is 22.5. The van der Waals surface area contributed by atoms with Crippen LogP contribution in [0.3, 0.4) is 0 Å². The maximum atomic E-state index is 15.3. The molecule has 1 amide bonds. The number of fused-ring (bicyclic) bond motifs is 1. The monoisotopic (exact) mass is 430 g/mol. The van der Waals surface area contributed by atoms with Gasteiger partial charge in [0.05, 0.1) is 25.9 Å². The number of hydrogen-bond acceptors (Lipinski definition) is 6. The number of hydrogen-bond donors (Lipinski definition) is 1. The Balaban J connectivity index is 2.11. The minimum atomic E-state index is -1.09. The third-order valence-electron chi connectivity index (χ3n) is 4.62. The van der Waals surface area contributed by atoms with Crippen LogP contribution in [0.1, 0.15) is 28.4 Å². The van der Waals surface area contributed by atoms with Gasteiger partial charge in [0.2, 0.25) is 5.88 Å². The SMILES string of the molecule is CCOc1nccc2c(C(=O)c3c(F)cc(OC)c(CCOC(N)=O)c3F)cccc12. The number of methoxy groups -OCH3 is 1. The largest absolute Gasteiger partial charge is 0.496 e. The molecule has 0 aliphatic heterocycles. The molecule has 3 aromatic rings. The van der Waals surface area contributed by atoms with E-state index < -0.39 is 29.1 Å². The fourth-order valence-electron chi connectivity index (χ4n) is 3.28. The lowest BCUT2D eigenvalue weighted by Crippen LogP contribution is -2.17. The van der Waals surface area contributed by atoms with Crippen molar-refractivity contribution in [1.29, 1.82) is 0 Å². The highest BCUT2D eigenvalue weighted by Crippen LogP contribution is 2.32. The molecule has 9 heteroatoms. The van der Waals surface area contributed by atoms with Gasteiger partial charge in [-0.3, -0.25) is 4.79 Å². The number of amides is 1. The summed E-state index contributed by atoms with van der Waals surface area (Å²) in [5, 5.41) is 0.985. The molecular weight excluding hydrogens is 410 g/mol. The van der Waals surface area contributed by atoms with Crippen molar-refractivity contribution >= 4 is 22.6 Å². The average Bonchev–Trinajstić information content (AvgIpc) is 2.74. The summed E-state index contributed by atoms with van der Waals surface area (Å²) in [6.45, 7) is 1.89. The molecule has 1 heterocycles. The highest BCUT2D eigenvalue weighted by Gasteiger charge is 2.26. The molecule has 0 bridgehead atoms. The maximum absolute atomic E-state index is 15.3. The van der Waals surface area contributed by atoms with E-state index in [1.54, 1.807) is 25.1 Å². The van der Waals surface area contributed by atoms with Crippen LogP contribution in [0, 0.1) is 11.6 Å². The van der Waals surface area contributed by atoms with Crippen LogP contribution in [0.25, 0.3) is 10.8 Å². The summed E-state index contributed by atoms with van der Waals surface area (Å²) in [5.41, 5.74) is 4.16. The molecule has 162 valence electrons. The van der Waals surface area contributed by atoms with Gasteiger partial charge in [0, 0.05) is 35.2 Å². The predicted molar refractivity (Wildman–Crippen MR) is 108 cm³/mol. The van der Waals surface area contributed by atoms with E-state index in [2.05, 4.69) is 9.72 Å². The van der Waals surface area contributed by atoms with E-state index in [-0.39, 0.29) is 29.9 Å². The lowest BCUT2D eigenvalue weighted by Gasteiger charge is -2.15. The van der Waals surface area contributed by atoms with Crippen LogP contribution in [0.2, 0.25) is 0 Å². The molecule has 1 aromatic heterocycles. The van der Waals surface area contributed by atoms with Gasteiger partial charge in [0.1, 0.15) is 17.4 Å². The first-order chi connectivity index (χ1) is 14.9. The molecule has 0 radical (unpaired) electrons. The third-order valence-corrected chi connectivity index (χ3v) is 4.62. The number of pyridine rings is 1. The summed E-state index contributed by atoms with van der Waals surface area (Å²) in [6, 6.07) is 7.26. The van der Waals surface area contributed by atoms with Crippen LogP contribution in [0.5, 0.6) is 11.6 Å². The Morgan fingerprint density at radius 2 is 1.94 bits per heavy atom. The molecule has 0 atom stereocenters. The van der Waals surface area contributed by atoms with E-state index in [1.165, 1.54) is 19.4 Å². The smallest absolute Gasteiger partial charge is 0.404 e. The van der Waals surface area contributed by atoms with Gasteiger partial charge in [-0.1, -0.05) is 12.1 Å². The quantitative estimate of drug-likeness (QED) is 0.546. The maximum Gasteiger partial charge on any atom is 0.404 e. The topological polar surface area (TPSA) is 101 Å². The minimum absolute atomic E-state index is 0.0863. The van der Waals surface area contributed by atoms with Crippen LogP contribution in [0.15, 0.2) is 36.5 Å². The van der Waals surface area contributed by atoms with Crippen molar-refractivity contribution in [2.45, 2.75) is 13.3 Å². The normalized spacial score (nSPS) is 10.7. The highest BCUT2D eigenvalue weighted by molar-refractivity contribution is 6.17. The molecule has 0 unspecified atom stereocenters. The van der Waals surface area contributed by atoms with E-state index in [0.29, 0.717) is 23.3 Å². The number of halogens is 2. The fraction of sp³-hybridized carbons (Fsp3) is 0.227. The molecule has 2 N–H and O–H groups in total. The summed E-state index contributed by atoms with van der Waals surface area (Å²) in [4.78, 5) is 28.1.